The first-order chi connectivity index (χ1) is 14.3. The van der Waals surface area contributed by atoms with E-state index < -0.39 is 29.6 Å². The maximum Gasteiger partial charge on any atom is 0.343 e. The number of thioether (sulfide) groups is 1. The second-order valence-electron chi connectivity index (χ2n) is 6.02. The molecule has 0 bridgehead atoms. The highest BCUT2D eigenvalue weighted by Crippen LogP contribution is 2.37. The van der Waals surface area contributed by atoms with Gasteiger partial charge in [-0.3, -0.25) is 19.3 Å². The van der Waals surface area contributed by atoms with Crippen LogP contribution in [-0.2, 0) is 9.59 Å². The standard InChI is InChI=1S/C20H15IN2O6S/c1-28-14-8-11(9-15-18(25)23(10-16(22)24)20(27)30-15)7-13(21)17(14)29-19(26)12-5-3-2-4-6-12/h2-9H,10H2,1H3,(H2,22,24)/b15-9-. The Morgan fingerprint density at radius 1 is 1.20 bits per heavy atom. The Balaban J connectivity index is 1.88. The first-order valence-corrected chi connectivity index (χ1v) is 10.4. The minimum absolute atomic E-state index is 0.146. The van der Waals surface area contributed by atoms with Gasteiger partial charge in [0.05, 0.1) is 21.1 Å². The van der Waals surface area contributed by atoms with E-state index >= 15 is 0 Å². The Bertz CT molecular complexity index is 1070. The van der Waals surface area contributed by atoms with Crippen LogP contribution in [0.3, 0.4) is 0 Å². The van der Waals surface area contributed by atoms with Crippen LogP contribution in [0.1, 0.15) is 15.9 Å². The second-order valence-corrected chi connectivity index (χ2v) is 8.18. The van der Waals surface area contributed by atoms with Crippen molar-refractivity contribution in [3.05, 3.63) is 62.1 Å². The summed E-state index contributed by atoms with van der Waals surface area (Å²) in [6.07, 6.45) is 1.50. The van der Waals surface area contributed by atoms with Crippen molar-refractivity contribution in [1.82, 2.24) is 4.90 Å². The Kier molecular flexibility index (Phi) is 6.77. The molecule has 8 nitrogen and oxygen atoms in total. The van der Waals surface area contributed by atoms with Gasteiger partial charge in [-0.15, -0.1) is 0 Å². The van der Waals surface area contributed by atoms with Crippen LogP contribution >= 0.6 is 34.4 Å². The van der Waals surface area contributed by atoms with Crippen molar-refractivity contribution in [2.24, 2.45) is 5.73 Å². The third-order valence-electron chi connectivity index (χ3n) is 3.94. The molecule has 1 heterocycles. The van der Waals surface area contributed by atoms with Crippen LogP contribution in [-0.4, -0.2) is 41.6 Å². The van der Waals surface area contributed by atoms with E-state index in [2.05, 4.69) is 0 Å². The van der Waals surface area contributed by atoms with E-state index in [0.29, 0.717) is 26.5 Å². The highest BCUT2D eigenvalue weighted by Gasteiger charge is 2.35. The number of esters is 1. The van der Waals surface area contributed by atoms with Crippen LogP contribution in [0, 0.1) is 3.57 Å². The summed E-state index contributed by atoms with van der Waals surface area (Å²) in [6, 6.07) is 11.8. The topological polar surface area (TPSA) is 116 Å². The predicted molar refractivity (Wildman–Crippen MR) is 119 cm³/mol. The number of nitrogens with two attached hydrogens (primary N) is 1. The third kappa shape index (κ3) is 4.82. The zero-order valence-electron chi connectivity index (χ0n) is 15.6. The van der Waals surface area contributed by atoms with Gasteiger partial charge >= 0.3 is 5.97 Å². The molecule has 2 aromatic carbocycles. The first-order valence-electron chi connectivity index (χ1n) is 8.48. The van der Waals surface area contributed by atoms with E-state index in [1.54, 1.807) is 42.5 Å². The first kappa shape index (κ1) is 21.8. The van der Waals surface area contributed by atoms with Crippen LogP contribution in [0.4, 0.5) is 4.79 Å². The van der Waals surface area contributed by atoms with Crippen molar-refractivity contribution in [2.75, 3.05) is 13.7 Å². The molecular formula is C20H15IN2O6S. The minimum atomic E-state index is -0.778. The Morgan fingerprint density at radius 2 is 1.90 bits per heavy atom. The quantitative estimate of drug-likeness (QED) is 0.260. The third-order valence-corrected chi connectivity index (χ3v) is 5.65. The summed E-state index contributed by atoms with van der Waals surface area (Å²) in [5.41, 5.74) is 6.03. The number of benzene rings is 2. The van der Waals surface area contributed by atoms with Gasteiger partial charge in [-0.2, -0.15) is 0 Å². The lowest BCUT2D eigenvalue weighted by Gasteiger charge is -2.12. The van der Waals surface area contributed by atoms with E-state index in [4.69, 9.17) is 15.2 Å². The number of ether oxygens (including phenoxy) is 2. The Labute approximate surface area is 189 Å². The lowest BCUT2D eigenvalue weighted by molar-refractivity contribution is -0.127. The summed E-state index contributed by atoms with van der Waals surface area (Å²) in [6.45, 7) is -0.475. The highest BCUT2D eigenvalue weighted by atomic mass is 127. The lowest BCUT2D eigenvalue weighted by atomic mass is 10.1. The molecule has 0 atom stereocenters. The monoisotopic (exact) mass is 538 g/mol. The highest BCUT2D eigenvalue weighted by molar-refractivity contribution is 14.1. The number of primary amides is 1. The van der Waals surface area contributed by atoms with Gasteiger partial charge in [0.1, 0.15) is 6.54 Å². The fourth-order valence-electron chi connectivity index (χ4n) is 2.59. The van der Waals surface area contributed by atoms with E-state index in [1.807, 2.05) is 22.6 Å². The number of methoxy groups -OCH3 is 1. The molecule has 1 saturated heterocycles. The molecule has 2 aromatic rings. The average Bonchev–Trinajstić information content (AvgIpc) is 2.97. The number of carbonyl (C=O) groups is 4. The van der Waals surface area contributed by atoms with Crippen molar-refractivity contribution >= 4 is 63.5 Å². The van der Waals surface area contributed by atoms with Crippen LogP contribution < -0.4 is 15.2 Å². The van der Waals surface area contributed by atoms with E-state index in [9.17, 15) is 19.2 Å². The molecule has 1 fully saturated rings. The van der Waals surface area contributed by atoms with Crippen LogP contribution in [0.5, 0.6) is 11.5 Å². The summed E-state index contributed by atoms with van der Waals surface area (Å²) >= 11 is 2.70. The van der Waals surface area contributed by atoms with Crippen molar-refractivity contribution < 1.29 is 28.7 Å². The normalized spacial score (nSPS) is 14.9. The lowest BCUT2D eigenvalue weighted by Crippen LogP contribution is -2.36. The van der Waals surface area contributed by atoms with Crippen molar-refractivity contribution in [3.63, 3.8) is 0 Å². The maximum absolute atomic E-state index is 12.4. The van der Waals surface area contributed by atoms with Gasteiger partial charge in [-0.05, 0) is 70.3 Å². The van der Waals surface area contributed by atoms with Gasteiger partial charge in [0.15, 0.2) is 11.5 Å². The van der Waals surface area contributed by atoms with Crippen molar-refractivity contribution in [1.29, 1.82) is 0 Å². The molecule has 154 valence electrons. The molecule has 2 N–H and O–H groups in total. The van der Waals surface area contributed by atoms with E-state index in [-0.39, 0.29) is 16.4 Å². The molecule has 30 heavy (non-hydrogen) atoms. The van der Waals surface area contributed by atoms with Crippen LogP contribution in [0.15, 0.2) is 47.4 Å². The largest absolute Gasteiger partial charge is 0.493 e. The van der Waals surface area contributed by atoms with E-state index in [0.717, 1.165) is 4.90 Å². The fraction of sp³-hybridized carbons (Fsp3) is 0.100. The van der Waals surface area contributed by atoms with Crippen molar-refractivity contribution in [3.8, 4) is 11.5 Å². The average molecular weight is 538 g/mol. The number of amides is 3. The molecule has 0 saturated carbocycles. The Hall–Kier alpha value is -2.86. The maximum atomic E-state index is 12.4. The summed E-state index contributed by atoms with van der Waals surface area (Å²) in [5.74, 6) is -1.39. The zero-order valence-corrected chi connectivity index (χ0v) is 18.6. The molecule has 0 spiro atoms. The molecule has 0 aliphatic carbocycles. The number of hydrogen-bond acceptors (Lipinski definition) is 7. The number of rotatable bonds is 6. The van der Waals surface area contributed by atoms with Crippen LogP contribution in [0.25, 0.3) is 6.08 Å². The summed E-state index contributed by atoms with van der Waals surface area (Å²) in [4.78, 5) is 48.7. The summed E-state index contributed by atoms with van der Waals surface area (Å²) in [7, 11) is 1.43. The summed E-state index contributed by atoms with van der Waals surface area (Å²) in [5, 5.41) is -0.569. The number of hydrogen-bond donors (Lipinski definition) is 1. The molecule has 0 radical (unpaired) electrons. The van der Waals surface area contributed by atoms with Gasteiger partial charge < -0.3 is 15.2 Å². The second kappa shape index (κ2) is 9.30. The number of carbonyl (C=O) groups excluding carboxylic acids is 4. The zero-order chi connectivity index (χ0) is 21.8. The SMILES string of the molecule is COc1cc(/C=C2\SC(=O)N(CC(N)=O)C2=O)cc(I)c1OC(=O)c1ccccc1. The fourth-order valence-corrected chi connectivity index (χ4v) is 4.17. The summed E-state index contributed by atoms with van der Waals surface area (Å²) < 4.78 is 11.4. The van der Waals surface area contributed by atoms with Gasteiger partial charge in [0, 0.05) is 0 Å². The van der Waals surface area contributed by atoms with E-state index in [1.165, 1.54) is 13.2 Å². The van der Waals surface area contributed by atoms with Gasteiger partial charge in [0.25, 0.3) is 11.1 Å². The molecular weight excluding hydrogens is 523 g/mol. The van der Waals surface area contributed by atoms with Gasteiger partial charge in [-0.25, -0.2) is 4.79 Å². The predicted octanol–water partition coefficient (Wildman–Crippen LogP) is 3.04. The molecule has 3 amide bonds. The smallest absolute Gasteiger partial charge is 0.343 e. The number of halogens is 1. The Morgan fingerprint density at radius 3 is 2.53 bits per heavy atom. The number of nitrogens with zero attached hydrogens (tertiary/aromatic N) is 1. The van der Waals surface area contributed by atoms with Gasteiger partial charge in [-0.1, -0.05) is 18.2 Å². The number of imide groups is 1. The molecule has 1 aliphatic rings. The molecule has 1 aliphatic heterocycles. The molecule has 10 heteroatoms. The van der Waals surface area contributed by atoms with Gasteiger partial charge in [0.2, 0.25) is 5.91 Å². The van der Waals surface area contributed by atoms with Crippen molar-refractivity contribution in [2.45, 2.75) is 0 Å². The molecule has 0 aromatic heterocycles. The van der Waals surface area contributed by atoms with Crippen LogP contribution in [0.2, 0.25) is 0 Å². The molecule has 0 unspecified atom stereocenters. The minimum Gasteiger partial charge on any atom is -0.493 e. The molecule has 3 rings (SSSR count).